The molecule has 0 fully saturated rings. The van der Waals surface area contributed by atoms with Crippen LogP contribution in [0.25, 0.3) is 0 Å². The fourth-order valence-corrected chi connectivity index (χ4v) is 1.75. The first kappa shape index (κ1) is 18.7. The minimum Gasteiger partial charge on any atom is -0.492 e. The minimum atomic E-state index is -5.23. The van der Waals surface area contributed by atoms with E-state index >= 15 is 0 Å². The van der Waals surface area contributed by atoms with Crippen molar-refractivity contribution in [3.8, 4) is 5.75 Å². The van der Waals surface area contributed by atoms with Gasteiger partial charge in [-0.05, 0) is 18.6 Å². The van der Waals surface area contributed by atoms with Gasteiger partial charge >= 0.3 is 58.4 Å². The molecule has 0 unspecified atom stereocenters. The molecule has 2 aromatic rings. The fraction of sp³-hybridized carbons (Fsp3) is 0.143. The van der Waals surface area contributed by atoms with E-state index in [1.165, 1.54) is 0 Å². The number of halogens is 4. The Labute approximate surface area is 163 Å². The van der Waals surface area contributed by atoms with Gasteiger partial charge in [0.05, 0.1) is 5.75 Å². The fourth-order valence-electron chi connectivity index (χ4n) is 1.75. The Morgan fingerprint density at radius 3 is 2.19 bits per heavy atom. The van der Waals surface area contributed by atoms with Crippen LogP contribution >= 0.6 is 0 Å². The van der Waals surface area contributed by atoms with E-state index in [2.05, 4.69) is 0 Å². The van der Waals surface area contributed by atoms with Crippen LogP contribution in [-0.4, -0.2) is 6.98 Å². The van der Waals surface area contributed by atoms with Gasteiger partial charge in [-0.3, -0.25) is 0 Å². The van der Waals surface area contributed by atoms with Crippen molar-refractivity contribution >= 4 is 12.4 Å². The number of benzene rings is 2. The zero-order chi connectivity index (χ0) is 14.8. The molecule has 0 aromatic heterocycles. The normalized spacial score (nSPS) is 10.9. The summed E-state index contributed by atoms with van der Waals surface area (Å²) in [4.78, 5) is 0. The van der Waals surface area contributed by atoms with Crippen LogP contribution in [0.5, 0.6) is 5.75 Å². The van der Waals surface area contributed by atoms with E-state index in [4.69, 9.17) is 4.74 Å². The molecule has 0 saturated carbocycles. The molecule has 7 heteroatoms. The van der Waals surface area contributed by atoms with Crippen LogP contribution in [0.2, 0.25) is 0 Å². The summed E-state index contributed by atoms with van der Waals surface area (Å²) in [5, 5.41) is 0. The van der Waals surface area contributed by atoms with E-state index in [9.17, 15) is 17.3 Å². The molecule has 21 heavy (non-hydrogen) atoms. The summed E-state index contributed by atoms with van der Waals surface area (Å²) < 4.78 is 56.7. The van der Waals surface area contributed by atoms with Gasteiger partial charge in [0.1, 0.15) is 12.4 Å². The molecule has 106 valence electrons. The maximum atomic E-state index is 13.1. The van der Waals surface area contributed by atoms with Crippen LogP contribution < -0.4 is 61.6 Å². The Kier molecular flexibility index (Phi) is 6.93. The summed E-state index contributed by atoms with van der Waals surface area (Å²) in [6.07, 6.45) is 0. The van der Waals surface area contributed by atoms with Crippen molar-refractivity contribution in [1.82, 2.24) is 0 Å². The Balaban J connectivity index is 0.00000220. The maximum Gasteiger partial charge on any atom is 1.00 e. The minimum absolute atomic E-state index is 0. The summed E-state index contributed by atoms with van der Waals surface area (Å²) in [5.74, 6) is -1.23. The second kappa shape index (κ2) is 7.78. The molecular formula is C14H12BF4KO. The molecule has 0 saturated heterocycles. The van der Waals surface area contributed by atoms with Crippen molar-refractivity contribution < 1.29 is 73.5 Å². The van der Waals surface area contributed by atoms with Gasteiger partial charge in [-0.25, -0.2) is 4.39 Å². The van der Waals surface area contributed by atoms with Gasteiger partial charge in [-0.15, -0.1) is 0 Å². The standard InChI is InChI=1S/C14H12BF4O.K/c1-10-2-4-11(5-3-10)9-20-14-8-12(16)6-7-13(14)15(17,18)19;/h2-8H,9H2,1H3;/q-1;+1. The average Bonchev–Trinajstić information content (AvgIpc) is 2.36. The van der Waals surface area contributed by atoms with E-state index in [0.29, 0.717) is 6.07 Å². The van der Waals surface area contributed by atoms with Crippen LogP contribution in [0.3, 0.4) is 0 Å². The van der Waals surface area contributed by atoms with E-state index < -0.39 is 24.0 Å². The Morgan fingerprint density at radius 2 is 1.62 bits per heavy atom. The first-order chi connectivity index (χ1) is 9.36. The summed E-state index contributed by atoms with van der Waals surface area (Å²) in [7, 11) is 0. The van der Waals surface area contributed by atoms with Crippen LogP contribution in [0, 0.1) is 12.7 Å². The van der Waals surface area contributed by atoms with Crippen LogP contribution in [0.15, 0.2) is 42.5 Å². The Morgan fingerprint density at radius 1 is 1.00 bits per heavy atom. The molecule has 0 N–H and O–H groups in total. The molecule has 2 rings (SSSR count). The second-order valence-corrected chi connectivity index (χ2v) is 4.53. The predicted molar refractivity (Wildman–Crippen MR) is 70.6 cm³/mol. The Bertz CT molecular complexity index is 599. The summed E-state index contributed by atoms with van der Waals surface area (Å²) in [6.45, 7) is -3.37. The van der Waals surface area contributed by atoms with Gasteiger partial charge in [0.25, 0.3) is 0 Å². The molecule has 2 aromatic carbocycles. The smallest absolute Gasteiger partial charge is 0.492 e. The van der Waals surface area contributed by atoms with E-state index in [1.54, 1.807) is 12.1 Å². The zero-order valence-electron chi connectivity index (χ0n) is 11.7. The average molecular weight is 322 g/mol. The molecule has 0 bridgehead atoms. The first-order valence-corrected chi connectivity index (χ1v) is 6.04. The molecule has 1 nitrogen and oxygen atoms in total. The summed E-state index contributed by atoms with van der Waals surface area (Å²) >= 11 is 0. The molecular weight excluding hydrogens is 310 g/mol. The third-order valence-corrected chi connectivity index (χ3v) is 2.84. The van der Waals surface area contributed by atoms with Crippen molar-refractivity contribution in [3.63, 3.8) is 0 Å². The summed E-state index contributed by atoms with van der Waals surface area (Å²) in [6, 6.07) is 9.43. The van der Waals surface area contributed by atoms with Gasteiger partial charge in [0, 0.05) is 6.07 Å². The molecule has 0 radical (unpaired) electrons. The number of hydrogen-bond acceptors (Lipinski definition) is 1. The van der Waals surface area contributed by atoms with E-state index in [-0.39, 0.29) is 58.0 Å². The van der Waals surface area contributed by atoms with Crippen molar-refractivity contribution in [2.75, 3.05) is 0 Å². The van der Waals surface area contributed by atoms with E-state index in [1.807, 2.05) is 19.1 Å². The van der Waals surface area contributed by atoms with Crippen molar-refractivity contribution in [3.05, 3.63) is 59.4 Å². The molecule has 0 aliphatic rings. The number of hydrogen-bond donors (Lipinski definition) is 0. The number of aryl methyl sites for hydroxylation is 1. The van der Waals surface area contributed by atoms with Gasteiger partial charge in [-0.1, -0.05) is 41.4 Å². The van der Waals surface area contributed by atoms with Crippen LogP contribution in [0.4, 0.5) is 17.3 Å². The van der Waals surface area contributed by atoms with Crippen molar-refractivity contribution in [2.24, 2.45) is 0 Å². The van der Waals surface area contributed by atoms with Crippen LogP contribution in [-0.2, 0) is 6.61 Å². The topological polar surface area (TPSA) is 9.23 Å². The molecule has 0 aliphatic carbocycles. The molecule has 0 amide bonds. The number of ether oxygens (including phenoxy) is 1. The monoisotopic (exact) mass is 322 g/mol. The third-order valence-electron chi connectivity index (χ3n) is 2.84. The molecule has 0 atom stereocenters. The van der Waals surface area contributed by atoms with E-state index in [0.717, 1.165) is 23.3 Å². The van der Waals surface area contributed by atoms with Gasteiger partial charge in [-0.2, -0.15) is 0 Å². The molecule has 0 spiro atoms. The molecule has 0 aliphatic heterocycles. The summed E-state index contributed by atoms with van der Waals surface area (Å²) in [5.41, 5.74) is 0.845. The first-order valence-electron chi connectivity index (χ1n) is 6.04. The van der Waals surface area contributed by atoms with Crippen molar-refractivity contribution in [2.45, 2.75) is 13.5 Å². The Hall–Kier alpha value is -0.339. The van der Waals surface area contributed by atoms with Gasteiger partial charge in [0.15, 0.2) is 0 Å². The van der Waals surface area contributed by atoms with Crippen LogP contribution in [0.1, 0.15) is 11.1 Å². The maximum absolute atomic E-state index is 13.1. The number of rotatable bonds is 4. The largest absolute Gasteiger partial charge is 1.00 e. The van der Waals surface area contributed by atoms with Gasteiger partial charge in [0.2, 0.25) is 0 Å². The molecule has 0 heterocycles. The van der Waals surface area contributed by atoms with Gasteiger partial charge < -0.3 is 17.7 Å². The quantitative estimate of drug-likeness (QED) is 0.597. The van der Waals surface area contributed by atoms with Crippen molar-refractivity contribution in [1.29, 1.82) is 0 Å². The second-order valence-electron chi connectivity index (χ2n) is 4.53. The zero-order valence-corrected chi connectivity index (χ0v) is 14.9. The third kappa shape index (κ3) is 5.41. The predicted octanol–water partition coefficient (Wildman–Crippen LogP) is 0.772. The SMILES string of the molecule is Cc1ccc(COc2cc(F)ccc2[B-](F)(F)F)cc1.[K+].